The summed E-state index contributed by atoms with van der Waals surface area (Å²) < 4.78 is 41.0. The summed E-state index contributed by atoms with van der Waals surface area (Å²) in [6.07, 6.45) is 0.850. The van der Waals surface area contributed by atoms with Crippen molar-refractivity contribution in [2.45, 2.75) is 11.6 Å². The number of hydrogen-bond acceptors (Lipinski definition) is 3. The number of anilines is 1. The van der Waals surface area contributed by atoms with E-state index in [1.807, 2.05) is 0 Å². The summed E-state index contributed by atoms with van der Waals surface area (Å²) in [5, 5.41) is 15.6. The van der Waals surface area contributed by atoms with Crippen LogP contribution in [0.15, 0.2) is 65.8 Å². The van der Waals surface area contributed by atoms with Crippen molar-refractivity contribution in [3.8, 4) is 18.1 Å². The van der Waals surface area contributed by atoms with E-state index in [4.69, 9.17) is 12.0 Å². The van der Waals surface area contributed by atoms with Gasteiger partial charge in [-0.05, 0) is 40.9 Å². The van der Waals surface area contributed by atoms with Crippen molar-refractivity contribution < 1.29 is 23.1 Å². The molecule has 1 heterocycles. The van der Waals surface area contributed by atoms with Crippen LogP contribution in [0.1, 0.15) is 27.8 Å². The molecule has 6 nitrogen and oxygen atoms in total. The molecule has 0 saturated heterocycles. The Hall–Kier alpha value is -4.41. The van der Waals surface area contributed by atoms with Crippen LogP contribution in [0, 0.1) is 12.3 Å². The summed E-state index contributed by atoms with van der Waals surface area (Å²) in [6, 6.07) is 13.5. The number of alkyl halides is 3. The maximum absolute atomic E-state index is 13.7. The molecule has 32 heavy (non-hydrogen) atoms. The standard InChI is InChI=1S/C23H13F3N4O2/c1-2-13-12-15(8-11-19(13)29-30-27)22(14-6-9-16(31)10-7-14)17-4-3-5-18(23(24,25)26)20(17)28-21(22)32/h1,3-12,31H,(H,28,32)/t22-/m1/s1. The molecule has 0 spiro atoms. The zero-order valence-electron chi connectivity index (χ0n) is 16.2. The van der Waals surface area contributed by atoms with Crippen molar-refractivity contribution in [1.29, 1.82) is 0 Å². The van der Waals surface area contributed by atoms with Gasteiger partial charge in [0.15, 0.2) is 0 Å². The van der Waals surface area contributed by atoms with E-state index in [0.717, 1.165) is 6.07 Å². The summed E-state index contributed by atoms with van der Waals surface area (Å²) in [5.74, 6) is 1.59. The first-order valence-corrected chi connectivity index (χ1v) is 9.21. The number of phenolic OH excluding ortho intramolecular Hbond substituents is 1. The van der Waals surface area contributed by atoms with Gasteiger partial charge in [-0.1, -0.05) is 47.4 Å². The summed E-state index contributed by atoms with van der Waals surface area (Å²) >= 11 is 0. The van der Waals surface area contributed by atoms with Crippen LogP contribution in [0.25, 0.3) is 10.4 Å². The number of carbonyl (C=O) groups is 1. The largest absolute Gasteiger partial charge is 0.508 e. The first-order chi connectivity index (χ1) is 15.2. The third-order valence-corrected chi connectivity index (χ3v) is 5.39. The number of halogens is 3. The lowest BCUT2D eigenvalue weighted by atomic mass is 9.69. The summed E-state index contributed by atoms with van der Waals surface area (Å²) in [5.41, 5.74) is 6.74. The summed E-state index contributed by atoms with van der Waals surface area (Å²) in [4.78, 5) is 16.2. The molecule has 3 aromatic rings. The van der Waals surface area contributed by atoms with E-state index in [9.17, 15) is 23.1 Å². The second-order valence-electron chi connectivity index (χ2n) is 7.04. The summed E-state index contributed by atoms with van der Waals surface area (Å²) in [6.45, 7) is 0. The van der Waals surface area contributed by atoms with Gasteiger partial charge in [-0.2, -0.15) is 13.2 Å². The molecule has 1 atom stereocenters. The molecule has 0 bridgehead atoms. The topological polar surface area (TPSA) is 98.1 Å². The highest BCUT2D eigenvalue weighted by molar-refractivity contribution is 6.12. The van der Waals surface area contributed by atoms with Gasteiger partial charge in [0.1, 0.15) is 11.2 Å². The SMILES string of the molecule is C#Cc1cc([C@@]2(c3ccc(O)cc3)C(=O)Nc3c(C(F)(F)F)cccc32)ccc1N=[N+]=[N-]. The van der Waals surface area contributed by atoms with Crippen molar-refractivity contribution in [3.05, 3.63) is 98.9 Å². The van der Waals surface area contributed by atoms with E-state index in [-0.39, 0.29) is 33.8 Å². The molecule has 4 rings (SSSR count). The number of amides is 1. The van der Waals surface area contributed by atoms with Crippen molar-refractivity contribution >= 4 is 17.3 Å². The van der Waals surface area contributed by atoms with Crippen LogP contribution in [0.2, 0.25) is 0 Å². The zero-order chi connectivity index (χ0) is 23.1. The van der Waals surface area contributed by atoms with Crippen LogP contribution in [0.4, 0.5) is 24.5 Å². The Kier molecular flexibility index (Phi) is 4.80. The minimum absolute atomic E-state index is 0.0745. The molecular weight excluding hydrogens is 421 g/mol. The molecular formula is C23H13F3N4O2. The number of para-hydroxylation sites is 1. The van der Waals surface area contributed by atoms with Crippen molar-refractivity contribution in [1.82, 2.24) is 0 Å². The quantitative estimate of drug-likeness (QED) is 0.242. The minimum Gasteiger partial charge on any atom is -0.508 e. The van der Waals surface area contributed by atoms with Gasteiger partial charge < -0.3 is 10.4 Å². The second kappa shape index (κ2) is 7.38. The number of nitrogens with one attached hydrogen (secondary N) is 1. The van der Waals surface area contributed by atoms with Gasteiger partial charge in [-0.25, -0.2) is 0 Å². The fourth-order valence-electron chi connectivity index (χ4n) is 4.04. The van der Waals surface area contributed by atoms with Crippen LogP contribution in [-0.2, 0) is 16.4 Å². The smallest absolute Gasteiger partial charge is 0.418 e. The van der Waals surface area contributed by atoms with Gasteiger partial charge in [0.05, 0.1) is 16.9 Å². The fraction of sp³-hybridized carbons (Fsp3) is 0.0870. The van der Waals surface area contributed by atoms with E-state index < -0.39 is 23.1 Å². The fourth-order valence-corrected chi connectivity index (χ4v) is 4.04. The Morgan fingerprint density at radius 1 is 1.09 bits per heavy atom. The van der Waals surface area contributed by atoms with Crippen LogP contribution < -0.4 is 5.32 Å². The zero-order valence-corrected chi connectivity index (χ0v) is 16.2. The maximum atomic E-state index is 13.7. The van der Waals surface area contributed by atoms with Crippen LogP contribution in [-0.4, -0.2) is 11.0 Å². The van der Waals surface area contributed by atoms with Crippen LogP contribution in [0.5, 0.6) is 5.75 Å². The van der Waals surface area contributed by atoms with Crippen molar-refractivity contribution in [3.63, 3.8) is 0 Å². The Morgan fingerprint density at radius 2 is 1.78 bits per heavy atom. The third-order valence-electron chi connectivity index (χ3n) is 5.39. The Labute approximate surface area is 179 Å². The molecule has 158 valence electrons. The molecule has 1 amide bonds. The molecule has 0 aliphatic carbocycles. The number of azide groups is 1. The van der Waals surface area contributed by atoms with Gasteiger partial charge in [0, 0.05) is 16.0 Å². The Balaban J connectivity index is 2.10. The van der Waals surface area contributed by atoms with E-state index in [1.165, 1.54) is 54.6 Å². The lowest BCUT2D eigenvalue weighted by Gasteiger charge is -2.29. The van der Waals surface area contributed by atoms with Crippen molar-refractivity contribution in [2.24, 2.45) is 5.11 Å². The highest BCUT2D eigenvalue weighted by Gasteiger charge is 2.52. The molecule has 0 saturated carbocycles. The molecule has 3 aromatic carbocycles. The Morgan fingerprint density at radius 3 is 2.41 bits per heavy atom. The average Bonchev–Trinajstić information content (AvgIpc) is 3.06. The number of terminal acetylenes is 1. The molecule has 0 radical (unpaired) electrons. The lowest BCUT2D eigenvalue weighted by molar-refractivity contribution is -0.136. The number of carbonyl (C=O) groups excluding carboxylic acids is 1. The number of hydrogen-bond donors (Lipinski definition) is 2. The molecule has 0 fully saturated rings. The van der Waals surface area contributed by atoms with Gasteiger partial charge in [-0.15, -0.1) is 6.42 Å². The second-order valence-corrected chi connectivity index (χ2v) is 7.04. The van der Waals surface area contributed by atoms with Gasteiger partial charge in [-0.3, -0.25) is 4.79 Å². The normalized spacial score (nSPS) is 17.1. The molecule has 9 heteroatoms. The lowest BCUT2D eigenvalue weighted by Crippen LogP contribution is -2.37. The highest BCUT2D eigenvalue weighted by Crippen LogP contribution is 2.51. The predicted molar refractivity (Wildman–Crippen MR) is 111 cm³/mol. The van der Waals surface area contributed by atoms with Gasteiger partial charge in [0.25, 0.3) is 0 Å². The number of benzene rings is 3. The monoisotopic (exact) mass is 434 g/mol. The van der Waals surface area contributed by atoms with Gasteiger partial charge >= 0.3 is 6.18 Å². The number of aromatic hydroxyl groups is 1. The number of nitrogens with zero attached hydrogens (tertiary/aromatic N) is 3. The van der Waals surface area contributed by atoms with Crippen molar-refractivity contribution in [2.75, 3.05) is 5.32 Å². The molecule has 0 aromatic heterocycles. The summed E-state index contributed by atoms with van der Waals surface area (Å²) in [7, 11) is 0. The van der Waals surface area contributed by atoms with E-state index in [1.54, 1.807) is 0 Å². The van der Waals surface area contributed by atoms with Crippen LogP contribution in [0.3, 0.4) is 0 Å². The molecule has 0 unspecified atom stereocenters. The van der Waals surface area contributed by atoms with E-state index >= 15 is 0 Å². The maximum Gasteiger partial charge on any atom is 0.418 e. The highest BCUT2D eigenvalue weighted by atomic mass is 19.4. The molecule has 1 aliphatic rings. The van der Waals surface area contributed by atoms with Gasteiger partial charge in [0.2, 0.25) is 5.91 Å². The minimum atomic E-state index is -4.70. The first-order valence-electron chi connectivity index (χ1n) is 9.21. The van der Waals surface area contributed by atoms with E-state index in [0.29, 0.717) is 5.56 Å². The Bertz CT molecular complexity index is 1340. The molecule has 2 N–H and O–H groups in total. The number of rotatable bonds is 3. The average molecular weight is 434 g/mol. The number of fused-ring (bicyclic) bond motifs is 1. The van der Waals surface area contributed by atoms with Crippen LogP contribution >= 0.6 is 0 Å². The third kappa shape index (κ3) is 3.02. The molecule has 1 aliphatic heterocycles. The predicted octanol–water partition coefficient (Wildman–Crippen LogP) is 5.62. The van der Waals surface area contributed by atoms with E-state index in [2.05, 4.69) is 21.3 Å². The first kappa shape index (κ1) is 20.8. The number of phenols is 1.